The fraction of sp³-hybridized carbons (Fsp3) is 0.345. The largest absolute Gasteiger partial charge is 0.494 e. The van der Waals surface area contributed by atoms with Crippen molar-refractivity contribution in [3.63, 3.8) is 0 Å². The molecule has 222 valence electrons. The summed E-state index contributed by atoms with van der Waals surface area (Å²) in [7, 11) is 1.55. The van der Waals surface area contributed by atoms with Gasteiger partial charge < -0.3 is 25.2 Å². The Hall–Kier alpha value is -4.36. The van der Waals surface area contributed by atoms with Crippen LogP contribution < -0.4 is 25.3 Å². The van der Waals surface area contributed by atoms with E-state index in [1.54, 1.807) is 19.2 Å². The zero-order valence-corrected chi connectivity index (χ0v) is 23.4. The van der Waals surface area contributed by atoms with E-state index >= 15 is 0 Å². The first-order chi connectivity index (χ1) is 20.3. The third-order valence-corrected chi connectivity index (χ3v) is 7.39. The van der Waals surface area contributed by atoms with E-state index in [2.05, 4.69) is 43.9 Å². The smallest absolute Gasteiger partial charge is 0.247 e. The zero-order valence-electron chi connectivity index (χ0n) is 23.4. The minimum atomic E-state index is -1.54. The number of aromatic nitrogens is 2. The molecule has 2 aliphatic heterocycles. The number of hydrogen-bond donors (Lipinski definition) is 2. The Labute approximate surface area is 241 Å². The van der Waals surface area contributed by atoms with E-state index in [9.17, 15) is 18.0 Å². The van der Waals surface area contributed by atoms with E-state index in [0.29, 0.717) is 29.4 Å². The Morgan fingerprint density at radius 3 is 2.62 bits per heavy atom. The molecule has 0 bridgehead atoms. The van der Waals surface area contributed by atoms with E-state index in [1.165, 1.54) is 23.5 Å². The zero-order chi connectivity index (χ0) is 29.8. The van der Waals surface area contributed by atoms with E-state index in [1.807, 2.05) is 6.07 Å². The first-order valence-electron chi connectivity index (χ1n) is 13.6. The summed E-state index contributed by atoms with van der Waals surface area (Å²) in [6.07, 6.45) is 2.84. The standard InChI is InChI=1S/C29H32F3N7O3/c1-4-27(40)36-20-14-21(24(41-3)15-23(20)38-11-9-37(5-2)10-12-38)35-25-16-26(34-17-33-25)39-22(8-13-42-39)18-6-7-19(30)29(32)28(18)31/h4,6-7,14-17,22H,1,5,8-13H2,2-3H3,(H,36,40)(H,33,34,35). The quantitative estimate of drug-likeness (QED) is 0.272. The van der Waals surface area contributed by atoms with Crippen molar-refractivity contribution in [1.82, 2.24) is 14.9 Å². The molecule has 5 rings (SSSR count). The molecule has 2 N–H and O–H groups in total. The molecule has 2 fully saturated rings. The van der Waals surface area contributed by atoms with Crippen molar-refractivity contribution in [3.05, 3.63) is 72.3 Å². The van der Waals surface area contributed by atoms with Gasteiger partial charge in [-0.1, -0.05) is 19.6 Å². The maximum absolute atomic E-state index is 14.6. The highest BCUT2D eigenvalue weighted by Gasteiger charge is 2.33. The van der Waals surface area contributed by atoms with Crippen LogP contribution in [0.4, 0.5) is 41.9 Å². The van der Waals surface area contributed by atoms with Gasteiger partial charge in [0.25, 0.3) is 0 Å². The van der Waals surface area contributed by atoms with Crippen LogP contribution in [0.3, 0.4) is 0 Å². The normalized spacial score (nSPS) is 17.3. The van der Waals surface area contributed by atoms with E-state index < -0.39 is 23.5 Å². The molecule has 1 unspecified atom stereocenters. The van der Waals surface area contributed by atoms with Gasteiger partial charge in [-0.3, -0.25) is 9.63 Å². The summed E-state index contributed by atoms with van der Waals surface area (Å²) in [4.78, 5) is 31.1. The lowest BCUT2D eigenvalue weighted by atomic mass is 10.0. The number of anilines is 5. The number of nitrogens with one attached hydrogen (secondary N) is 2. The summed E-state index contributed by atoms with van der Waals surface area (Å²) in [6.45, 7) is 10.2. The van der Waals surface area contributed by atoms with Gasteiger partial charge >= 0.3 is 0 Å². The number of piperazine rings is 1. The average Bonchev–Trinajstić information content (AvgIpc) is 3.50. The van der Waals surface area contributed by atoms with Crippen molar-refractivity contribution in [2.45, 2.75) is 19.4 Å². The van der Waals surface area contributed by atoms with Gasteiger partial charge in [0.15, 0.2) is 23.3 Å². The van der Waals surface area contributed by atoms with Crippen molar-refractivity contribution < 1.29 is 27.5 Å². The second-order valence-corrected chi connectivity index (χ2v) is 9.80. The molecule has 1 aromatic heterocycles. The maximum atomic E-state index is 14.6. The Morgan fingerprint density at radius 2 is 1.90 bits per heavy atom. The number of nitrogens with zero attached hydrogens (tertiary/aromatic N) is 5. The van der Waals surface area contributed by atoms with Crippen molar-refractivity contribution in [3.8, 4) is 5.75 Å². The summed E-state index contributed by atoms with van der Waals surface area (Å²) in [5.74, 6) is -3.27. The van der Waals surface area contributed by atoms with Crippen LogP contribution in [0.5, 0.6) is 5.75 Å². The van der Waals surface area contributed by atoms with Gasteiger partial charge in [-0.25, -0.2) is 28.2 Å². The number of ether oxygens (including phenoxy) is 1. The van der Waals surface area contributed by atoms with Gasteiger partial charge in [0.1, 0.15) is 17.9 Å². The van der Waals surface area contributed by atoms with Crippen LogP contribution in [-0.2, 0) is 9.63 Å². The Balaban J connectivity index is 1.44. The molecule has 42 heavy (non-hydrogen) atoms. The minimum absolute atomic E-state index is 0.0425. The number of methoxy groups -OCH3 is 1. The average molecular weight is 584 g/mol. The predicted octanol–water partition coefficient (Wildman–Crippen LogP) is 4.80. The molecule has 1 atom stereocenters. The fourth-order valence-corrected chi connectivity index (χ4v) is 5.14. The molecule has 13 heteroatoms. The molecule has 0 aliphatic carbocycles. The number of hydrogen-bond acceptors (Lipinski definition) is 9. The molecular weight excluding hydrogens is 551 g/mol. The third-order valence-electron chi connectivity index (χ3n) is 7.39. The van der Waals surface area contributed by atoms with E-state index in [0.717, 1.165) is 44.5 Å². The van der Waals surface area contributed by atoms with Gasteiger partial charge in [-0.15, -0.1) is 0 Å². The topological polar surface area (TPSA) is 95.1 Å². The number of amides is 1. The molecule has 0 spiro atoms. The molecule has 0 saturated carbocycles. The van der Waals surface area contributed by atoms with E-state index in [-0.39, 0.29) is 23.9 Å². The molecule has 0 radical (unpaired) electrons. The summed E-state index contributed by atoms with van der Waals surface area (Å²) < 4.78 is 47.8. The molecule has 3 aromatic rings. The minimum Gasteiger partial charge on any atom is -0.494 e. The Bertz CT molecular complexity index is 1470. The van der Waals surface area contributed by atoms with Crippen molar-refractivity contribution >= 4 is 34.6 Å². The van der Waals surface area contributed by atoms with Crippen LogP contribution >= 0.6 is 0 Å². The highest BCUT2D eigenvalue weighted by atomic mass is 19.2. The highest BCUT2D eigenvalue weighted by molar-refractivity contribution is 6.02. The fourth-order valence-electron chi connectivity index (χ4n) is 5.14. The number of carbonyl (C=O) groups excluding carboxylic acids is 1. The van der Waals surface area contributed by atoms with Crippen LogP contribution in [-0.4, -0.2) is 67.2 Å². The SMILES string of the molecule is C=CC(=O)Nc1cc(Nc2cc(N3OCCC3c3ccc(F)c(F)c3F)ncn2)c(OC)cc1N1CCN(CC)CC1. The molecule has 2 aromatic carbocycles. The summed E-state index contributed by atoms with van der Waals surface area (Å²) in [5, 5.41) is 7.45. The molecule has 10 nitrogen and oxygen atoms in total. The number of carbonyl (C=O) groups is 1. The van der Waals surface area contributed by atoms with Crippen LogP contribution in [0, 0.1) is 17.5 Å². The predicted molar refractivity (Wildman–Crippen MR) is 154 cm³/mol. The number of benzene rings is 2. The van der Waals surface area contributed by atoms with Gasteiger partial charge in [-0.2, -0.15) is 0 Å². The lowest BCUT2D eigenvalue weighted by Gasteiger charge is -2.36. The van der Waals surface area contributed by atoms with Gasteiger partial charge in [0.2, 0.25) is 5.91 Å². The molecule has 2 aliphatic rings. The highest BCUT2D eigenvalue weighted by Crippen LogP contribution is 2.40. The van der Waals surface area contributed by atoms with Gasteiger partial charge in [0.05, 0.1) is 36.8 Å². The summed E-state index contributed by atoms with van der Waals surface area (Å²) >= 11 is 0. The van der Waals surface area contributed by atoms with Crippen molar-refractivity contribution in [2.24, 2.45) is 0 Å². The number of halogens is 3. The van der Waals surface area contributed by atoms with Crippen LogP contribution in [0.2, 0.25) is 0 Å². The lowest BCUT2D eigenvalue weighted by Crippen LogP contribution is -2.46. The van der Waals surface area contributed by atoms with Crippen LogP contribution in [0.25, 0.3) is 0 Å². The molecule has 2 saturated heterocycles. The first-order valence-corrected chi connectivity index (χ1v) is 13.6. The Kier molecular flexibility index (Phi) is 8.78. The van der Waals surface area contributed by atoms with Gasteiger partial charge in [0, 0.05) is 50.3 Å². The van der Waals surface area contributed by atoms with E-state index in [4.69, 9.17) is 9.57 Å². The number of likely N-dealkylation sites (N-methyl/N-ethyl adjacent to an activating group) is 1. The summed E-state index contributed by atoms with van der Waals surface area (Å²) in [6, 6.07) is 6.56. The number of hydroxylamine groups is 1. The molecule has 1 amide bonds. The maximum Gasteiger partial charge on any atom is 0.247 e. The lowest BCUT2D eigenvalue weighted by molar-refractivity contribution is -0.111. The monoisotopic (exact) mass is 583 g/mol. The summed E-state index contributed by atoms with van der Waals surface area (Å²) in [5.41, 5.74) is 1.86. The van der Waals surface area contributed by atoms with Crippen LogP contribution in [0.15, 0.2) is 49.3 Å². The molecule has 3 heterocycles. The molecular formula is C29H32F3N7O3. The number of rotatable bonds is 9. The van der Waals surface area contributed by atoms with Crippen molar-refractivity contribution in [1.29, 1.82) is 0 Å². The second kappa shape index (κ2) is 12.7. The first kappa shape index (κ1) is 29.1. The van der Waals surface area contributed by atoms with Crippen molar-refractivity contribution in [2.75, 3.05) is 67.0 Å². The Morgan fingerprint density at radius 1 is 1.12 bits per heavy atom. The van der Waals surface area contributed by atoms with Gasteiger partial charge in [-0.05, 0) is 24.8 Å². The third kappa shape index (κ3) is 5.97. The second-order valence-electron chi connectivity index (χ2n) is 9.80. The van der Waals surface area contributed by atoms with Crippen LogP contribution in [0.1, 0.15) is 24.9 Å².